The molecule has 2 nitrogen and oxygen atoms in total. The zero-order valence-corrected chi connectivity index (χ0v) is 10.2. The first kappa shape index (κ1) is 11.5. The monoisotopic (exact) mass is 255 g/mol. The minimum Gasteiger partial charge on any atom is -0.373 e. The molecule has 2 bridgehead atoms. The zero-order valence-electron chi connectivity index (χ0n) is 9.46. The predicted molar refractivity (Wildman–Crippen MR) is 64.5 cm³/mol. The molecule has 2 saturated heterocycles. The van der Waals surface area contributed by atoms with E-state index in [4.69, 9.17) is 22.1 Å². The van der Waals surface area contributed by atoms with Crippen molar-refractivity contribution in [2.24, 2.45) is 5.73 Å². The predicted octanol–water partition coefficient (Wildman–Crippen LogP) is 2.67. The largest absolute Gasteiger partial charge is 0.373 e. The number of nitrogens with two attached hydrogens (primary N) is 1. The molecule has 1 aromatic rings. The molecule has 1 aromatic carbocycles. The Kier molecular flexibility index (Phi) is 2.65. The van der Waals surface area contributed by atoms with Gasteiger partial charge in [0.2, 0.25) is 0 Å². The van der Waals surface area contributed by atoms with Crippen LogP contribution in [0.1, 0.15) is 24.8 Å². The third kappa shape index (κ3) is 1.96. The average molecular weight is 256 g/mol. The minimum absolute atomic E-state index is 0.131. The van der Waals surface area contributed by atoms with Gasteiger partial charge in [-0.15, -0.1) is 0 Å². The van der Waals surface area contributed by atoms with Crippen molar-refractivity contribution in [3.63, 3.8) is 0 Å². The lowest BCUT2D eigenvalue weighted by atomic mass is 9.78. The Morgan fingerprint density at radius 1 is 1.47 bits per heavy atom. The van der Waals surface area contributed by atoms with Crippen LogP contribution in [-0.4, -0.2) is 17.7 Å². The lowest BCUT2D eigenvalue weighted by Crippen LogP contribution is -2.50. The molecule has 2 heterocycles. The summed E-state index contributed by atoms with van der Waals surface area (Å²) in [6.45, 7) is 0. The Morgan fingerprint density at radius 3 is 2.88 bits per heavy atom. The smallest absolute Gasteiger partial charge is 0.142 e. The lowest BCUT2D eigenvalue weighted by molar-refractivity contribution is 0.0856. The average Bonchev–Trinajstić information content (AvgIpc) is 2.83. The number of ether oxygens (including phenoxy) is 1. The van der Waals surface area contributed by atoms with Crippen LogP contribution in [0, 0.1) is 5.82 Å². The van der Waals surface area contributed by atoms with Crippen molar-refractivity contribution < 1.29 is 9.13 Å². The van der Waals surface area contributed by atoms with Gasteiger partial charge >= 0.3 is 0 Å². The lowest BCUT2D eigenvalue weighted by Gasteiger charge is -2.31. The number of hydrogen-bond donors (Lipinski definition) is 1. The summed E-state index contributed by atoms with van der Waals surface area (Å²) >= 11 is 5.66. The van der Waals surface area contributed by atoms with Gasteiger partial charge in [-0.1, -0.05) is 17.7 Å². The molecule has 0 amide bonds. The van der Waals surface area contributed by atoms with Crippen LogP contribution in [0.2, 0.25) is 5.02 Å². The van der Waals surface area contributed by atoms with Crippen LogP contribution in [0.3, 0.4) is 0 Å². The van der Waals surface area contributed by atoms with Gasteiger partial charge in [-0.05, 0) is 43.4 Å². The summed E-state index contributed by atoms with van der Waals surface area (Å²) in [7, 11) is 0. The third-order valence-electron chi connectivity index (χ3n) is 3.87. The maximum atomic E-state index is 13.4. The van der Waals surface area contributed by atoms with E-state index in [1.807, 2.05) is 6.07 Å². The SMILES string of the molecule is NC1(Cc2ccc(Cl)c(F)c2)CC2CCC1O2. The van der Waals surface area contributed by atoms with Crippen LogP contribution in [0.15, 0.2) is 18.2 Å². The van der Waals surface area contributed by atoms with E-state index in [1.54, 1.807) is 6.07 Å². The van der Waals surface area contributed by atoms with E-state index in [2.05, 4.69) is 0 Å². The maximum Gasteiger partial charge on any atom is 0.142 e. The Bertz CT molecular complexity index is 453. The molecule has 2 fully saturated rings. The maximum absolute atomic E-state index is 13.4. The fourth-order valence-electron chi connectivity index (χ4n) is 3.05. The molecule has 2 aliphatic heterocycles. The van der Waals surface area contributed by atoms with E-state index >= 15 is 0 Å². The topological polar surface area (TPSA) is 35.2 Å². The molecule has 0 spiro atoms. The molecule has 92 valence electrons. The van der Waals surface area contributed by atoms with Crippen molar-refractivity contribution in [1.82, 2.24) is 0 Å². The summed E-state index contributed by atoms with van der Waals surface area (Å²) in [5, 5.41) is 0.156. The highest BCUT2D eigenvalue weighted by Crippen LogP contribution is 2.42. The molecule has 0 aliphatic carbocycles. The fourth-order valence-corrected chi connectivity index (χ4v) is 3.17. The first-order chi connectivity index (χ1) is 8.07. The standard InChI is InChI=1S/C13H15ClFNO/c14-10-3-1-8(5-11(10)15)6-13(16)7-9-2-4-12(13)17-9/h1,3,5,9,12H,2,4,6-7,16H2. The molecule has 0 saturated carbocycles. The van der Waals surface area contributed by atoms with Crippen molar-refractivity contribution >= 4 is 11.6 Å². The number of benzene rings is 1. The molecular formula is C13H15ClFNO. The summed E-state index contributed by atoms with van der Waals surface area (Å²) in [6.07, 6.45) is 4.10. The van der Waals surface area contributed by atoms with Crippen LogP contribution in [0.25, 0.3) is 0 Å². The molecule has 2 N–H and O–H groups in total. The van der Waals surface area contributed by atoms with E-state index in [1.165, 1.54) is 6.07 Å². The Labute approximate surface area is 105 Å². The summed E-state index contributed by atoms with van der Waals surface area (Å²) in [4.78, 5) is 0. The first-order valence-corrected chi connectivity index (χ1v) is 6.33. The van der Waals surface area contributed by atoms with Gasteiger partial charge < -0.3 is 10.5 Å². The van der Waals surface area contributed by atoms with Gasteiger partial charge in [-0.3, -0.25) is 0 Å². The van der Waals surface area contributed by atoms with Crippen LogP contribution >= 0.6 is 11.6 Å². The molecule has 17 heavy (non-hydrogen) atoms. The minimum atomic E-state index is -0.378. The normalized spacial score (nSPS) is 35.5. The highest BCUT2D eigenvalue weighted by Gasteiger charge is 2.49. The van der Waals surface area contributed by atoms with E-state index < -0.39 is 0 Å². The van der Waals surface area contributed by atoms with Gasteiger partial charge in [0.1, 0.15) is 5.82 Å². The molecule has 0 aromatic heterocycles. The van der Waals surface area contributed by atoms with Crippen LogP contribution < -0.4 is 5.73 Å². The van der Waals surface area contributed by atoms with E-state index in [-0.39, 0.29) is 22.5 Å². The van der Waals surface area contributed by atoms with E-state index in [0.717, 1.165) is 24.8 Å². The molecule has 0 radical (unpaired) electrons. The highest BCUT2D eigenvalue weighted by molar-refractivity contribution is 6.30. The number of hydrogen-bond acceptors (Lipinski definition) is 2. The summed E-state index contributed by atoms with van der Waals surface area (Å²) < 4.78 is 19.1. The van der Waals surface area contributed by atoms with Crippen molar-refractivity contribution in [3.8, 4) is 0 Å². The zero-order chi connectivity index (χ0) is 12.0. The Morgan fingerprint density at radius 2 is 2.29 bits per heavy atom. The first-order valence-electron chi connectivity index (χ1n) is 5.95. The van der Waals surface area contributed by atoms with Crippen LogP contribution in [-0.2, 0) is 11.2 Å². The molecule has 3 unspecified atom stereocenters. The second kappa shape index (κ2) is 3.94. The van der Waals surface area contributed by atoms with Gasteiger partial charge in [0, 0.05) is 5.54 Å². The Hall–Kier alpha value is -0.640. The van der Waals surface area contributed by atoms with E-state index in [9.17, 15) is 4.39 Å². The molecule has 2 aliphatic rings. The summed E-state index contributed by atoms with van der Waals surface area (Å²) in [5.74, 6) is -0.378. The fraction of sp³-hybridized carbons (Fsp3) is 0.538. The highest BCUT2D eigenvalue weighted by atomic mass is 35.5. The number of halogens is 2. The van der Waals surface area contributed by atoms with Crippen LogP contribution in [0.5, 0.6) is 0 Å². The second-order valence-electron chi connectivity index (χ2n) is 5.19. The molecule has 4 heteroatoms. The van der Waals surface area contributed by atoms with Gasteiger partial charge in [0.15, 0.2) is 0 Å². The van der Waals surface area contributed by atoms with Gasteiger partial charge in [0.25, 0.3) is 0 Å². The van der Waals surface area contributed by atoms with Gasteiger partial charge in [-0.2, -0.15) is 0 Å². The van der Waals surface area contributed by atoms with Gasteiger partial charge in [-0.25, -0.2) is 4.39 Å². The van der Waals surface area contributed by atoms with E-state index in [0.29, 0.717) is 12.5 Å². The second-order valence-corrected chi connectivity index (χ2v) is 5.59. The molecule has 3 atom stereocenters. The Balaban J connectivity index is 1.80. The number of rotatable bonds is 2. The molecule has 3 rings (SSSR count). The summed E-state index contributed by atoms with van der Waals surface area (Å²) in [5.41, 5.74) is 6.95. The quantitative estimate of drug-likeness (QED) is 0.882. The van der Waals surface area contributed by atoms with Crippen molar-refractivity contribution in [2.45, 2.75) is 43.4 Å². The number of fused-ring (bicyclic) bond motifs is 2. The third-order valence-corrected chi connectivity index (χ3v) is 4.18. The molecular weight excluding hydrogens is 241 g/mol. The summed E-state index contributed by atoms with van der Waals surface area (Å²) in [6, 6.07) is 4.90. The van der Waals surface area contributed by atoms with Crippen molar-refractivity contribution in [3.05, 3.63) is 34.6 Å². The van der Waals surface area contributed by atoms with Crippen molar-refractivity contribution in [2.75, 3.05) is 0 Å². The van der Waals surface area contributed by atoms with Crippen LogP contribution in [0.4, 0.5) is 4.39 Å². The van der Waals surface area contributed by atoms with Crippen molar-refractivity contribution in [1.29, 1.82) is 0 Å². The van der Waals surface area contributed by atoms with Gasteiger partial charge in [0.05, 0.1) is 17.2 Å².